The molecular formula is C17H32O4. The number of aliphatic carboxylic acids is 2. The second kappa shape index (κ2) is 9.06. The summed E-state index contributed by atoms with van der Waals surface area (Å²) in [5, 5.41) is 18.5. The molecule has 0 aromatic rings. The Hall–Kier alpha value is -1.06. The van der Waals surface area contributed by atoms with Crippen molar-refractivity contribution in [2.75, 3.05) is 0 Å². The molecule has 0 aliphatic heterocycles. The molecule has 0 amide bonds. The van der Waals surface area contributed by atoms with E-state index in [1.54, 1.807) is 0 Å². The average Bonchev–Trinajstić information content (AvgIpc) is 2.45. The third-order valence-corrected chi connectivity index (χ3v) is 5.53. The topological polar surface area (TPSA) is 74.6 Å². The first-order chi connectivity index (χ1) is 9.85. The number of carbonyl (C=O) groups is 2. The molecule has 0 aromatic heterocycles. The van der Waals surface area contributed by atoms with E-state index in [9.17, 15) is 14.7 Å². The van der Waals surface area contributed by atoms with E-state index in [2.05, 4.69) is 13.8 Å². The minimum absolute atomic E-state index is 0.189. The van der Waals surface area contributed by atoms with E-state index in [0.717, 1.165) is 32.1 Å². The van der Waals surface area contributed by atoms with Crippen LogP contribution in [0.5, 0.6) is 0 Å². The maximum atomic E-state index is 11.9. The predicted octanol–water partition coefficient (Wildman–Crippen LogP) is 4.72. The Bertz CT molecular complexity index is 328. The van der Waals surface area contributed by atoms with Gasteiger partial charge in [0, 0.05) is 6.42 Å². The molecule has 0 heterocycles. The van der Waals surface area contributed by atoms with E-state index in [1.165, 1.54) is 0 Å². The standard InChI is InChI=1S/C17H32O4/c1-5-16(6-2,13-11-9-10-12-14(18)19)17(7-3,8-4)15(20)21/h5-13H2,1-4H3,(H,18,19)(H,20,21). The maximum absolute atomic E-state index is 11.9. The Labute approximate surface area is 128 Å². The molecule has 0 fully saturated rings. The van der Waals surface area contributed by atoms with Crippen molar-refractivity contribution in [2.24, 2.45) is 10.8 Å². The first kappa shape index (κ1) is 19.9. The van der Waals surface area contributed by atoms with Gasteiger partial charge in [-0.1, -0.05) is 40.5 Å². The first-order valence-corrected chi connectivity index (χ1v) is 8.31. The van der Waals surface area contributed by atoms with Gasteiger partial charge in [-0.2, -0.15) is 0 Å². The van der Waals surface area contributed by atoms with Crippen LogP contribution in [0.3, 0.4) is 0 Å². The van der Waals surface area contributed by atoms with Crippen LogP contribution >= 0.6 is 0 Å². The van der Waals surface area contributed by atoms with Gasteiger partial charge >= 0.3 is 11.9 Å². The van der Waals surface area contributed by atoms with E-state index in [-0.39, 0.29) is 11.8 Å². The Balaban J connectivity index is 4.97. The monoisotopic (exact) mass is 300 g/mol. The number of carboxylic acids is 2. The van der Waals surface area contributed by atoms with Gasteiger partial charge in [0.25, 0.3) is 0 Å². The summed E-state index contributed by atoms with van der Waals surface area (Å²) in [4.78, 5) is 22.5. The van der Waals surface area contributed by atoms with Crippen molar-refractivity contribution in [1.29, 1.82) is 0 Å². The second-order valence-corrected chi connectivity index (χ2v) is 6.04. The van der Waals surface area contributed by atoms with E-state index in [0.29, 0.717) is 19.3 Å². The van der Waals surface area contributed by atoms with Gasteiger partial charge in [0.05, 0.1) is 5.41 Å². The molecule has 0 rings (SSSR count). The molecular weight excluding hydrogens is 268 g/mol. The van der Waals surface area contributed by atoms with Crippen molar-refractivity contribution in [3.63, 3.8) is 0 Å². The maximum Gasteiger partial charge on any atom is 0.310 e. The third-order valence-electron chi connectivity index (χ3n) is 5.53. The quantitative estimate of drug-likeness (QED) is 0.511. The van der Waals surface area contributed by atoms with E-state index < -0.39 is 17.4 Å². The van der Waals surface area contributed by atoms with E-state index in [1.807, 2.05) is 13.8 Å². The molecule has 124 valence electrons. The number of unbranched alkanes of at least 4 members (excludes halogenated alkanes) is 2. The minimum Gasteiger partial charge on any atom is -0.481 e. The molecule has 0 saturated carbocycles. The number of hydrogen-bond acceptors (Lipinski definition) is 2. The van der Waals surface area contributed by atoms with Crippen molar-refractivity contribution in [2.45, 2.75) is 85.5 Å². The highest BCUT2D eigenvalue weighted by atomic mass is 16.4. The van der Waals surface area contributed by atoms with E-state index in [4.69, 9.17) is 5.11 Å². The van der Waals surface area contributed by atoms with Crippen LogP contribution in [-0.4, -0.2) is 22.2 Å². The predicted molar refractivity (Wildman–Crippen MR) is 84.4 cm³/mol. The highest BCUT2D eigenvalue weighted by Crippen LogP contribution is 2.53. The number of rotatable bonds is 12. The summed E-state index contributed by atoms with van der Waals surface area (Å²) < 4.78 is 0. The Morgan fingerprint density at radius 2 is 1.33 bits per heavy atom. The van der Waals surface area contributed by atoms with Crippen LogP contribution in [-0.2, 0) is 9.59 Å². The van der Waals surface area contributed by atoms with Gasteiger partial charge in [-0.15, -0.1) is 0 Å². The average molecular weight is 300 g/mol. The summed E-state index contributed by atoms with van der Waals surface area (Å²) in [7, 11) is 0. The highest BCUT2D eigenvalue weighted by molar-refractivity contribution is 5.75. The highest BCUT2D eigenvalue weighted by Gasteiger charge is 2.51. The third kappa shape index (κ3) is 4.45. The normalized spacial score (nSPS) is 12.4. The fourth-order valence-corrected chi connectivity index (χ4v) is 3.97. The summed E-state index contributed by atoms with van der Waals surface area (Å²) >= 11 is 0. The van der Waals surface area contributed by atoms with E-state index >= 15 is 0 Å². The molecule has 4 heteroatoms. The summed E-state index contributed by atoms with van der Waals surface area (Å²) in [5.74, 6) is -1.43. The van der Waals surface area contributed by atoms with Crippen LogP contribution in [0.4, 0.5) is 0 Å². The SMILES string of the molecule is CCC(CC)(CCCCCC(=O)O)C(CC)(CC)C(=O)O. The molecule has 0 bridgehead atoms. The van der Waals surface area contributed by atoms with Gasteiger partial charge in [0.2, 0.25) is 0 Å². The zero-order chi connectivity index (χ0) is 16.5. The molecule has 0 saturated heterocycles. The molecule has 0 aromatic carbocycles. The fourth-order valence-electron chi connectivity index (χ4n) is 3.97. The first-order valence-electron chi connectivity index (χ1n) is 8.31. The molecule has 2 N–H and O–H groups in total. The van der Waals surface area contributed by atoms with Crippen molar-refractivity contribution in [3.8, 4) is 0 Å². The smallest absolute Gasteiger partial charge is 0.310 e. The Kier molecular flexibility index (Phi) is 8.60. The molecule has 0 unspecified atom stereocenters. The number of carboxylic acid groups (broad SMARTS) is 2. The summed E-state index contributed by atoms with van der Waals surface area (Å²) in [5.41, 5.74) is -0.852. The Morgan fingerprint density at radius 1 is 0.810 bits per heavy atom. The number of hydrogen-bond donors (Lipinski definition) is 2. The molecule has 0 atom stereocenters. The van der Waals surface area contributed by atoms with Gasteiger partial charge < -0.3 is 10.2 Å². The summed E-state index contributed by atoms with van der Waals surface area (Å²) in [6.07, 6.45) is 6.53. The molecule has 4 nitrogen and oxygen atoms in total. The van der Waals surface area contributed by atoms with Crippen molar-refractivity contribution >= 4 is 11.9 Å². The van der Waals surface area contributed by atoms with Crippen molar-refractivity contribution in [1.82, 2.24) is 0 Å². The lowest BCUT2D eigenvalue weighted by atomic mass is 9.55. The fraction of sp³-hybridized carbons (Fsp3) is 0.882. The van der Waals surface area contributed by atoms with Gasteiger partial charge in [-0.05, 0) is 43.9 Å². The summed E-state index contributed by atoms with van der Waals surface area (Å²) in [6.45, 7) is 8.12. The largest absolute Gasteiger partial charge is 0.481 e. The van der Waals surface area contributed by atoms with Crippen LogP contribution < -0.4 is 0 Å². The van der Waals surface area contributed by atoms with Crippen LogP contribution in [0.15, 0.2) is 0 Å². The lowest BCUT2D eigenvalue weighted by Crippen LogP contribution is -2.46. The Morgan fingerprint density at radius 3 is 1.67 bits per heavy atom. The molecule has 0 spiro atoms. The minimum atomic E-state index is -0.755. The van der Waals surface area contributed by atoms with Gasteiger partial charge in [0.1, 0.15) is 0 Å². The van der Waals surface area contributed by atoms with Crippen LogP contribution in [0.1, 0.15) is 85.5 Å². The zero-order valence-electron chi connectivity index (χ0n) is 14.1. The van der Waals surface area contributed by atoms with Crippen molar-refractivity contribution < 1.29 is 19.8 Å². The lowest BCUT2D eigenvalue weighted by molar-refractivity contribution is -0.161. The van der Waals surface area contributed by atoms with Crippen LogP contribution in [0.25, 0.3) is 0 Å². The van der Waals surface area contributed by atoms with Crippen LogP contribution in [0, 0.1) is 10.8 Å². The zero-order valence-corrected chi connectivity index (χ0v) is 14.1. The second-order valence-electron chi connectivity index (χ2n) is 6.04. The molecule has 0 aliphatic rings. The summed E-state index contributed by atoms with van der Waals surface area (Å²) in [6, 6.07) is 0. The van der Waals surface area contributed by atoms with Gasteiger partial charge in [-0.3, -0.25) is 9.59 Å². The lowest BCUT2D eigenvalue weighted by Gasteiger charge is -2.47. The van der Waals surface area contributed by atoms with Crippen LogP contribution in [0.2, 0.25) is 0 Å². The van der Waals surface area contributed by atoms with Crippen molar-refractivity contribution in [3.05, 3.63) is 0 Å². The molecule has 21 heavy (non-hydrogen) atoms. The molecule has 0 aliphatic carbocycles. The van der Waals surface area contributed by atoms with Gasteiger partial charge in [-0.25, -0.2) is 0 Å². The molecule has 0 radical (unpaired) electrons. The van der Waals surface area contributed by atoms with Gasteiger partial charge in [0.15, 0.2) is 0 Å².